The van der Waals surface area contributed by atoms with E-state index >= 15 is 0 Å². The van der Waals surface area contributed by atoms with E-state index in [0.29, 0.717) is 16.5 Å². The van der Waals surface area contributed by atoms with Crippen molar-refractivity contribution in [1.29, 1.82) is 0 Å². The van der Waals surface area contributed by atoms with E-state index in [0.717, 1.165) is 29.1 Å². The zero-order valence-corrected chi connectivity index (χ0v) is 13.8. The number of aliphatic hydroxyl groups excluding tert-OH is 1. The lowest BCUT2D eigenvalue weighted by Crippen LogP contribution is -2.28. The molecule has 0 unspecified atom stereocenters. The molecule has 0 radical (unpaired) electrons. The van der Waals surface area contributed by atoms with E-state index in [9.17, 15) is 13.5 Å². The van der Waals surface area contributed by atoms with Gasteiger partial charge in [-0.1, -0.05) is 17.7 Å². The number of hydrogen-bond donors (Lipinski definition) is 2. The first-order valence-electron chi connectivity index (χ1n) is 6.64. The van der Waals surface area contributed by atoms with Gasteiger partial charge in [-0.2, -0.15) is 0 Å². The lowest BCUT2D eigenvalue weighted by atomic mass is 10.0. The second-order valence-corrected chi connectivity index (χ2v) is 8.60. The van der Waals surface area contributed by atoms with Gasteiger partial charge in [-0.15, -0.1) is 11.3 Å². The fourth-order valence-electron chi connectivity index (χ4n) is 2.23. The van der Waals surface area contributed by atoms with Crippen LogP contribution >= 0.6 is 22.9 Å². The SMILES string of the molecule is O=S(=O)(NC[C@H](O)c1ccc2c(c1)CCO2)c1ccc(Cl)s1. The summed E-state index contributed by atoms with van der Waals surface area (Å²) in [6, 6.07) is 8.36. The van der Waals surface area contributed by atoms with Crippen LogP contribution in [0.1, 0.15) is 17.2 Å². The maximum Gasteiger partial charge on any atom is 0.250 e. The lowest BCUT2D eigenvalue weighted by molar-refractivity contribution is 0.182. The number of rotatable bonds is 5. The molecule has 2 heterocycles. The van der Waals surface area contributed by atoms with Gasteiger partial charge < -0.3 is 9.84 Å². The molecular formula is C14H14ClNO4S2. The number of thiophene rings is 1. The van der Waals surface area contributed by atoms with Crippen LogP contribution in [0, 0.1) is 0 Å². The van der Waals surface area contributed by atoms with Crippen molar-refractivity contribution in [3.05, 3.63) is 45.8 Å². The maximum atomic E-state index is 12.1. The average molecular weight is 360 g/mol. The fraction of sp³-hybridized carbons (Fsp3) is 0.286. The van der Waals surface area contributed by atoms with Crippen molar-refractivity contribution in [2.45, 2.75) is 16.7 Å². The van der Waals surface area contributed by atoms with Crippen molar-refractivity contribution in [3.63, 3.8) is 0 Å². The van der Waals surface area contributed by atoms with Gasteiger partial charge in [0.2, 0.25) is 10.0 Å². The van der Waals surface area contributed by atoms with Crippen molar-refractivity contribution >= 4 is 33.0 Å². The molecule has 0 aliphatic carbocycles. The highest BCUT2D eigenvalue weighted by Gasteiger charge is 2.20. The Bertz CT molecular complexity index is 788. The maximum absolute atomic E-state index is 12.1. The largest absolute Gasteiger partial charge is 0.493 e. The molecule has 5 nitrogen and oxygen atoms in total. The molecule has 1 aromatic heterocycles. The molecular weight excluding hydrogens is 346 g/mol. The van der Waals surface area contributed by atoms with Gasteiger partial charge in [-0.05, 0) is 35.4 Å². The summed E-state index contributed by atoms with van der Waals surface area (Å²) in [5.41, 5.74) is 1.70. The van der Waals surface area contributed by atoms with Crippen molar-refractivity contribution in [1.82, 2.24) is 4.72 Å². The number of nitrogens with one attached hydrogen (secondary N) is 1. The van der Waals surface area contributed by atoms with Crippen LogP contribution in [0.2, 0.25) is 4.34 Å². The first-order valence-corrected chi connectivity index (χ1v) is 9.32. The van der Waals surface area contributed by atoms with Crippen molar-refractivity contribution in [2.24, 2.45) is 0 Å². The summed E-state index contributed by atoms with van der Waals surface area (Å²) in [5.74, 6) is 0.824. The molecule has 1 aromatic carbocycles. The summed E-state index contributed by atoms with van der Waals surface area (Å²) in [6.45, 7) is 0.540. The van der Waals surface area contributed by atoms with Crippen LogP contribution in [0.25, 0.3) is 0 Å². The van der Waals surface area contributed by atoms with Gasteiger partial charge in [0.25, 0.3) is 0 Å². The highest BCUT2D eigenvalue weighted by molar-refractivity contribution is 7.91. The molecule has 1 aliphatic rings. The fourth-order valence-corrected chi connectivity index (χ4v) is 4.80. The Morgan fingerprint density at radius 2 is 2.18 bits per heavy atom. The van der Waals surface area contributed by atoms with Gasteiger partial charge in [-0.3, -0.25) is 0 Å². The summed E-state index contributed by atoms with van der Waals surface area (Å²) in [4.78, 5) is 0. The molecule has 0 fully saturated rings. The third-order valence-corrected chi connectivity index (χ3v) is 6.52. The third-order valence-electron chi connectivity index (χ3n) is 3.38. The summed E-state index contributed by atoms with van der Waals surface area (Å²) in [5, 5.41) is 10.2. The first kappa shape index (κ1) is 15.8. The van der Waals surface area contributed by atoms with Gasteiger partial charge in [0.1, 0.15) is 9.96 Å². The van der Waals surface area contributed by atoms with Gasteiger partial charge >= 0.3 is 0 Å². The van der Waals surface area contributed by atoms with E-state index in [1.807, 2.05) is 6.07 Å². The van der Waals surface area contributed by atoms with Crippen molar-refractivity contribution in [2.75, 3.05) is 13.2 Å². The van der Waals surface area contributed by atoms with Crippen LogP contribution in [0.5, 0.6) is 5.75 Å². The van der Waals surface area contributed by atoms with E-state index in [2.05, 4.69) is 4.72 Å². The number of aliphatic hydroxyl groups is 1. The molecule has 8 heteroatoms. The first-order chi connectivity index (χ1) is 10.5. The van der Waals surface area contributed by atoms with Gasteiger partial charge in [0.15, 0.2) is 0 Å². The average Bonchev–Trinajstić information content (AvgIpc) is 3.12. The second kappa shape index (κ2) is 6.17. The minimum absolute atomic E-state index is 0.0997. The van der Waals surface area contributed by atoms with E-state index in [4.69, 9.17) is 16.3 Å². The molecule has 2 N–H and O–H groups in total. The van der Waals surface area contributed by atoms with Crippen LogP contribution < -0.4 is 9.46 Å². The van der Waals surface area contributed by atoms with Crippen LogP contribution in [0.4, 0.5) is 0 Å². The molecule has 1 atom stereocenters. The number of ether oxygens (including phenoxy) is 1. The summed E-state index contributed by atoms with van der Waals surface area (Å²) in [6.07, 6.45) is -0.119. The Kier molecular flexibility index (Phi) is 4.42. The number of halogens is 1. The Morgan fingerprint density at radius 1 is 1.36 bits per heavy atom. The predicted molar refractivity (Wildman–Crippen MR) is 85.1 cm³/mol. The Morgan fingerprint density at radius 3 is 2.91 bits per heavy atom. The normalized spacial score (nSPS) is 15.4. The van der Waals surface area contributed by atoms with E-state index in [-0.39, 0.29) is 10.8 Å². The molecule has 118 valence electrons. The topological polar surface area (TPSA) is 75.6 Å². The number of fused-ring (bicyclic) bond motifs is 1. The summed E-state index contributed by atoms with van der Waals surface area (Å²) < 4.78 is 32.5. The quantitative estimate of drug-likeness (QED) is 0.859. The third kappa shape index (κ3) is 3.28. The van der Waals surface area contributed by atoms with Gasteiger partial charge in [0, 0.05) is 13.0 Å². The molecule has 0 saturated carbocycles. The van der Waals surface area contributed by atoms with Crippen LogP contribution in [-0.2, 0) is 16.4 Å². The molecule has 2 aromatic rings. The van der Waals surface area contributed by atoms with E-state index in [1.54, 1.807) is 12.1 Å². The minimum atomic E-state index is -3.65. The van der Waals surface area contributed by atoms with Crippen molar-refractivity contribution < 1.29 is 18.3 Å². The highest BCUT2D eigenvalue weighted by Crippen LogP contribution is 2.29. The monoisotopic (exact) mass is 359 g/mol. The summed E-state index contributed by atoms with van der Waals surface area (Å²) >= 11 is 6.72. The smallest absolute Gasteiger partial charge is 0.250 e. The minimum Gasteiger partial charge on any atom is -0.493 e. The molecule has 0 spiro atoms. The standard InChI is InChI=1S/C14H14ClNO4S2/c15-13-3-4-14(21-13)22(18,19)16-8-11(17)9-1-2-12-10(7-9)5-6-20-12/h1-4,7,11,16-17H,5-6,8H2/t11-/m0/s1. The van der Waals surface area contributed by atoms with E-state index < -0.39 is 16.1 Å². The Hall–Kier alpha value is -1.12. The molecule has 0 bridgehead atoms. The van der Waals surface area contributed by atoms with Gasteiger partial charge in [0.05, 0.1) is 17.0 Å². The Balaban J connectivity index is 1.68. The van der Waals surface area contributed by atoms with Crippen molar-refractivity contribution in [3.8, 4) is 5.75 Å². The molecule has 1 aliphatic heterocycles. The molecule has 0 saturated heterocycles. The second-order valence-electron chi connectivity index (χ2n) is 4.89. The predicted octanol–water partition coefficient (Wildman–Crippen LogP) is 2.35. The number of benzene rings is 1. The van der Waals surface area contributed by atoms with E-state index in [1.165, 1.54) is 12.1 Å². The van der Waals surface area contributed by atoms with Crippen LogP contribution in [0.3, 0.4) is 0 Å². The van der Waals surface area contributed by atoms with Crippen LogP contribution in [-0.4, -0.2) is 26.7 Å². The van der Waals surface area contributed by atoms with Crippen LogP contribution in [0.15, 0.2) is 34.5 Å². The molecule has 22 heavy (non-hydrogen) atoms. The number of hydrogen-bond acceptors (Lipinski definition) is 5. The summed E-state index contributed by atoms with van der Waals surface area (Å²) in [7, 11) is -3.65. The molecule has 3 rings (SSSR count). The highest BCUT2D eigenvalue weighted by atomic mass is 35.5. The lowest BCUT2D eigenvalue weighted by Gasteiger charge is -2.13. The van der Waals surface area contributed by atoms with Gasteiger partial charge in [-0.25, -0.2) is 13.1 Å². The zero-order chi connectivity index (χ0) is 15.7. The number of sulfonamides is 1. The zero-order valence-electron chi connectivity index (χ0n) is 11.5. The molecule has 0 amide bonds. The Labute approximate surface area is 137 Å².